The van der Waals surface area contributed by atoms with Gasteiger partial charge >= 0.3 is 12.1 Å². The Hall–Kier alpha value is -1.24. The van der Waals surface area contributed by atoms with Crippen LogP contribution in [0.15, 0.2) is 23.8 Å². The Morgan fingerprint density at radius 2 is 1.69 bits per heavy atom. The number of carbonyl (C=O) groups is 1. The van der Waals surface area contributed by atoms with Crippen molar-refractivity contribution in [3.05, 3.63) is 23.8 Å². The number of aliphatic hydroxyl groups is 1. The minimum atomic E-state index is -5.79. The lowest BCUT2D eigenvalue weighted by atomic mass is 9.45. The van der Waals surface area contributed by atoms with Crippen molar-refractivity contribution in [3.8, 4) is 0 Å². The molecule has 1 N–H and O–H groups in total. The highest BCUT2D eigenvalue weighted by molar-refractivity contribution is 6.01. The van der Waals surface area contributed by atoms with Crippen molar-refractivity contribution in [3.63, 3.8) is 0 Å². The standard InChI is InChI=1S/C22H27F5O2/c1-12-10-13-11-14(28)4-7-18(13,2)15-5-8-19(3)16(17(12)15)6-9-20(19,29)21(23,24)22(25,26)27/h4,7,11-12,15-17,29H,5-6,8-10H2,1-3H3/t12?,15-,16+,17-,18+,19+,20?/m1/s1. The number of hydrogen-bond acceptors (Lipinski definition) is 2. The van der Waals surface area contributed by atoms with E-state index in [2.05, 4.69) is 0 Å². The molecule has 7 heteroatoms. The average Bonchev–Trinajstić information content (AvgIpc) is 2.88. The van der Waals surface area contributed by atoms with Gasteiger partial charge in [-0.05, 0) is 67.9 Å². The maximum atomic E-state index is 14.5. The molecule has 4 aliphatic rings. The van der Waals surface area contributed by atoms with E-state index >= 15 is 0 Å². The molecule has 0 bridgehead atoms. The number of carbonyl (C=O) groups excluding carboxylic acids is 1. The molecule has 0 spiro atoms. The van der Waals surface area contributed by atoms with Gasteiger partial charge < -0.3 is 5.11 Å². The number of allylic oxidation sites excluding steroid dienone is 4. The number of hydrogen-bond donors (Lipinski definition) is 1. The van der Waals surface area contributed by atoms with Gasteiger partial charge in [0.2, 0.25) is 0 Å². The van der Waals surface area contributed by atoms with Crippen LogP contribution in [0.2, 0.25) is 0 Å². The van der Waals surface area contributed by atoms with E-state index < -0.39 is 35.5 Å². The van der Waals surface area contributed by atoms with Crippen molar-refractivity contribution in [1.29, 1.82) is 0 Å². The van der Waals surface area contributed by atoms with Gasteiger partial charge in [0.15, 0.2) is 5.78 Å². The fraction of sp³-hybridized carbons (Fsp3) is 0.773. The summed E-state index contributed by atoms with van der Waals surface area (Å²) in [6.45, 7) is 5.46. The highest BCUT2D eigenvalue weighted by Crippen LogP contribution is 2.71. The molecule has 2 unspecified atom stereocenters. The molecular weight excluding hydrogens is 391 g/mol. The molecule has 0 aliphatic heterocycles. The highest BCUT2D eigenvalue weighted by Gasteiger charge is 2.79. The summed E-state index contributed by atoms with van der Waals surface area (Å²) in [5.41, 5.74) is -3.97. The normalized spacial score (nSPS) is 47.3. The third kappa shape index (κ3) is 2.45. The van der Waals surface area contributed by atoms with E-state index in [1.54, 1.807) is 6.08 Å². The first-order chi connectivity index (χ1) is 13.2. The van der Waals surface area contributed by atoms with E-state index in [9.17, 15) is 31.9 Å². The Balaban J connectivity index is 1.75. The molecule has 162 valence electrons. The van der Waals surface area contributed by atoms with Crippen molar-refractivity contribution in [2.75, 3.05) is 0 Å². The molecule has 4 aliphatic carbocycles. The summed E-state index contributed by atoms with van der Waals surface area (Å²) >= 11 is 0. The van der Waals surface area contributed by atoms with Crippen LogP contribution in [0.5, 0.6) is 0 Å². The molecular formula is C22H27F5O2. The maximum absolute atomic E-state index is 14.5. The van der Waals surface area contributed by atoms with E-state index in [0.29, 0.717) is 12.8 Å². The Morgan fingerprint density at radius 3 is 2.31 bits per heavy atom. The largest absolute Gasteiger partial charge is 0.456 e. The van der Waals surface area contributed by atoms with Crippen LogP contribution in [-0.4, -0.2) is 28.6 Å². The fourth-order valence-corrected chi connectivity index (χ4v) is 7.32. The Kier molecular flexibility index (Phi) is 4.29. The monoisotopic (exact) mass is 418 g/mol. The summed E-state index contributed by atoms with van der Waals surface area (Å²) in [6, 6.07) is 0. The number of halogens is 5. The summed E-state index contributed by atoms with van der Waals surface area (Å²) in [7, 11) is 0. The number of fused-ring (bicyclic) bond motifs is 5. The van der Waals surface area contributed by atoms with Gasteiger partial charge in [0, 0.05) is 10.8 Å². The van der Waals surface area contributed by atoms with Crippen LogP contribution in [0.1, 0.15) is 52.9 Å². The van der Waals surface area contributed by atoms with E-state index in [0.717, 1.165) is 5.57 Å². The second-order valence-electron chi connectivity index (χ2n) is 10.1. The summed E-state index contributed by atoms with van der Waals surface area (Å²) in [4.78, 5) is 11.9. The molecule has 0 aromatic carbocycles. The Bertz CT molecular complexity index is 800. The van der Waals surface area contributed by atoms with Gasteiger partial charge in [0.05, 0.1) is 0 Å². The van der Waals surface area contributed by atoms with E-state index in [1.807, 2.05) is 19.9 Å². The number of ketones is 1. The molecule has 0 aromatic heterocycles. The van der Waals surface area contributed by atoms with Gasteiger partial charge in [-0.3, -0.25) is 4.79 Å². The minimum Gasteiger partial charge on any atom is -0.383 e. The Morgan fingerprint density at radius 1 is 1.07 bits per heavy atom. The van der Waals surface area contributed by atoms with Gasteiger partial charge in [-0.2, -0.15) is 22.0 Å². The smallest absolute Gasteiger partial charge is 0.383 e. The van der Waals surface area contributed by atoms with Gasteiger partial charge in [0.25, 0.3) is 0 Å². The number of rotatable bonds is 1. The zero-order valence-electron chi connectivity index (χ0n) is 16.8. The van der Waals surface area contributed by atoms with Gasteiger partial charge in [-0.25, -0.2) is 0 Å². The summed E-state index contributed by atoms with van der Waals surface area (Å²) in [6.07, 6.45) is 0.0750. The topological polar surface area (TPSA) is 37.3 Å². The average molecular weight is 418 g/mol. The van der Waals surface area contributed by atoms with Crippen LogP contribution in [0.3, 0.4) is 0 Å². The zero-order chi connectivity index (χ0) is 21.6. The van der Waals surface area contributed by atoms with Crippen molar-refractivity contribution < 1.29 is 31.9 Å². The van der Waals surface area contributed by atoms with Crippen LogP contribution in [0.25, 0.3) is 0 Å². The molecule has 3 saturated carbocycles. The van der Waals surface area contributed by atoms with Gasteiger partial charge in [-0.1, -0.05) is 32.4 Å². The zero-order valence-corrected chi connectivity index (χ0v) is 16.8. The molecule has 0 heterocycles. The first-order valence-corrected chi connectivity index (χ1v) is 10.3. The van der Waals surface area contributed by atoms with Crippen LogP contribution in [0, 0.1) is 34.5 Å². The molecule has 4 rings (SSSR count). The SMILES string of the molecule is CC1CC2=CC(=O)C=C[C@]2(C)[C@@H]2CC[C@@]3(C)[C@@H](CCC3(O)C(F)(F)C(F)(F)F)[C@H]12. The molecule has 0 saturated heterocycles. The van der Waals surface area contributed by atoms with E-state index in [-0.39, 0.29) is 41.8 Å². The van der Waals surface area contributed by atoms with Crippen LogP contribution >= 0.6 is 0 Å². The first-order valence-electron chi connectivity index (χ1n) is 10.3. The molecule has 0 amide bonds. The molecule has 0 aromatic rings. The fourth-order valence-electron chi connectivity index (χ4n) is 7.32. The first kappa shape index (κ1) is 21.0. The molecule has 29 heavy (non-hydrogen) atoms. The van der Waals surface area contributed by atoms with Crippen molar-refractivity contribution in [2.45, 2.75) is 70.6 Å². The second-order valence-corrected chi connectivity index (χ2v) is 10.1. The maximum Gasteiger partial charge on any atom is 0.456 e. The third-order valence-corrected chi connectivity index (χ3v) is 8.93. The lowest BCUT2D eigenvalue weighted by Gasteiger charge is -2.60. The van der Waals surface area contributed by atoms with Crippen LogP contribution in [0.4, 0.5) is 22.0 Å². The Labute approximate surface area is 167 Å². The number of alkyl halides is 5. The predicted molar refractivity (Wildman–Crippen MR) is 97.1 cm³/mol. The summed E-state index contributed by atoms with van der Waals surface area (Å²) in [5.74, 6) is -5.61. The summed E-state index contributed by atoms with van der Waals surface area (Å²) < 4.78 is 68.7. The van der Waals surface area contributed by atoms with E-state index in [4.69, 9.17) is 0 Å². The van der Waals surface area contributed by atoms with Crippen molar-refractivity contribution in [1.82, 2.24) is 0 Å². The summed E-state index contributed by atoms with van der Waals surface area (Å²) in [5, 5.41) is 10.9. The lowest BCUT2D eigenvalue weighted by Crippen LogP contribution is -2.66. The molecule has 2 nitrogen and oxygen atoms in total. The highest BCUT2D eigenvalue weighted by atomic mass is 19.4. The second kappa shape index (κ2) is 5.92. The quantitative estimate of drug-likeness (QED) is 0.574. The van der Waals surface area contributed by atoms with Gasteiger partial charge in [-0.15, -0.1) is 0 Å². The lowest BCUT2D eigenvalue weighted by molar-refractivity contribution is -0.364. The molecule has 7 atom stereocenters. The third-order valence-electron chi connectivity index (χ3n) is 8.93. The minimum absolute atomic E-state index is 0.0464. The predicted octanol–water partition coefficient (Wildman–Crippen LogP) is 5.47. The van der Waals surface area contributed by atoms with Crippen molar-refractivity contribution >= 4 is 5.78 Å². The van der Waals surface area contributed by atoms with E-state index in [1.165, 1.54) is 13.0 Å². The van der Waals surface area contributed by atoms with Gasteiger partial charge in [0.1, 0.15) is 5.60 Å². The molecule has 3 fully saturated rings. The van der Waals surface area contributed by atoms with Crippen LogP contribution in [-0.2, 0) is 4.79 Å². The van der Waals surface area contributed by atoms with Crippen molar-refractivity contribution in [2.24, 2.45) is 34.5 Å². The molecule has 0 radical (unpaired) electrons. The van der Waals surface area contributed by atoms with Crippen LogP contribution < -0.4 is 0 Å².